The lowest BCUT2D eigenvalue weighted by Crippen LogP contribution is -2.36. The second-order valence-electron chi connectivity index (χ2n) is 6.24. The monoisotopic (exact) mass is 426 g/mol. The third-order valence-corrected chi connectivity index (χ3v) is 4.99. The Kier molecular flexibility index (Phi) is 5.27. The maximum Gasteiger partial charge on any atom is 0.291 e. The van der Waals surface area contributed by atoms with Gasteiger partial charge in [-0.15, -0.1) is 0 Å². The van der Waals surface area contributed by atoms with Gasteiger partial charge < -0.3 is 19.4 Å². The van der Waals surface area contributed by atoms with E-state index in [9.17, 15) is 4.79 Å². The summed E-state index contributed by atoms with van der Waals surface area (Å²) in [5.74, 6) is 0.679. The van der Waals surface area contributed by atoms with Gasteiger partial charge in [0.2, 0.25) is 0 Å². The van der Waals surface area contributed by atoms with Crippen LogP contribution in [0.25, 0.3) is 11.3 Å². The van der Waals surface area contributed by atoms with Crippen molar-refractivity contribution in [3.63, 3.8) is 0 Å². The van der Waals surface area contributed by atoms with Gasteiger partial charge in [-0.2, -0.15) is 0 Å². The van der Waals surface area contributed by atoms with Crippen LogP contribution in [-0.4, -0.2) is 32.2 Å². The summed E-state index contributed by atoms with van der Waals surface area (Å²) in [5.41, 5.74) is 2.69. The van der Waals surface area contributed by atoms with Crippen molar-refractivity contribution >= 4 is 33.2 Å². The second-order valence-corrected chi connectivity index (χ2v) is 7.16. The molecule has 138 valence electrons. The van der Waals surface area contributed by atoms with Crippen LogP contribution in [0.4, 0.5) is 11.4 Å². The Morgan fingerprint density at radius 1 is 0.963 bits per heavy atom. The number of hydrogen-bond donors (Lipinski definition) is 1. The van der Waals surface area contributed by atoms with Crippen molar-refractivity contribution in [1.82, 2.24) is 0 Å². The molecule has 27 heavy (non-hydrogen) atoms. The SMILES string of the molecule is O=C(Nc1ccccc1N1CCOCC1)c1ccc(-c2ccc(Br)cc2)o1. The third-order valence-electron chi connectivity index (χ3n) is 4.46. The van der Waals surface area contributed by atoms with Crippen LogP contribution in [0.2, 0.25) is 0 Å². The van der Waals surface area contributed by atoms with E-state index in [1.807, 2.05) is 54.6 Å². The Bertz CT molecular complexity index is 931. The number of nitrogens with one attached hydrogen (secondary N) is 1. The summed E-state index contributed by atoms with van der Waals surface area (Å²) in [5, 5.41) is 2.98. The number of anilines is 2. The van der Waals surface area contributed by atoms with Gasteiger partial charge in [0, 0.05) is 23.1 Å². The van der Waals surface area contributed by atoms with Crippen LogP contribution in [-0.2, 0) is 4.74 Å². The standard InChI is InChI=1S/C21H19BrN2O3/c22-16-7-5-15(6-8-16)19-9-10-20(27-19)21(25)23-17-3-1-2-4-18(17)24-11-13-26-14-12-24/h1-10H,11-14H2,(H,23,25). The summed E-state index contributed by atoms with van der Waals surface area (Å²) in [4.78, 5) is 14.9. The van der Waals surface area contributed by atoms with Gasteiger partial charge in [0.25, 0.3) is 5.91 Å². The Balaban J connectivity index is 1.52. The average Bonchev–Trinajstić information content (AvgIpc) is 3.20. The summed E-state index contributed by atoms with van der Waals surface area (Å²) in [6.45, 7) is 3.00. The fourth-order valence-corrected chi connectivity index (χ4v) is 3.34. The normalized spacial score (nSPS) is 14.2. The molecule has 6 heteroatoms. The summed E-state index contributed by atoms with van der Waals surface area (Å²) in [6, 6.07) is 19.1. The highest BCUT2D eigenvalue weighted by molar-refractivity contribution is 9.10. The van der Waals surface area contributed by atoms with Gasteiger partial charge in [-0.25, -0.2) is 0 Å². The number of carbonyl (C=O) groups excluding carboxylic acids is 1. The summed E-state index contributed by atoms with van der Waals surface area (Å²) < 4.78 is 12.2. The molecule has 1 aromatic heterocycles. The Labute approximate surface area is 166 Å². The molecule has 0 atom stereocenters. The molecule has 0 spiro atoms. The Hall–Kier alpha value is -2.57. The molecule has 1 saturated heterocycles. The molecule has 0 saturated carbocycles. The van der Waals surface area contributed by atoms with E-state index in [0.29, 0.717) is 19.0 Å². The number of hydrogen-bond acceptors (Lipinski definition) is 4. The van der Waals surface area contributed by atoms with Crippen LogP contribution in [0.15, 0.2) is 69.6 Å². The van der Waals surface area contributed by atoms with Gasteiger partial charge in [0.1, 0.15) is 5.76 Å². The highest BCUT2D eigenvalue weighted by Gasteiger charge is 2.18. The van der Waals surface area contributed by atoms with Crippen molar-refractivity contribution in [2.75, 3.05) is 36.5 Å². The minimum Gasteiger partial charge on any atom is -0.451 e. The van der Waals surface area contributed by atoms with E-state index in [2.05, 4.69) is 26.1 Å². The van der Waals surface area contributed by atoms with Crippen molar-refractivity contribution in [3.05, 3.63) is 70.9 Å². The maximum absolute atomic E-state index is 12.7. The van der Waals surface area contributed by atoms with E-state index in [1.165, 1.54) is 0 Å². The largest absolute Gasteiger partial charge is 0.451 e. The fraction of sp³-hybridized carbons (Fsp3) is 0.190. The van der Waals surface area contributed by atoms with Gasteiger partial charge in [0.05, 0.1) is 24.6 Å². The smallest absolute Gasteiger partial charge is 0.291 e. The van der Waals surface area contributed by atoms with Gasteiger partial charge in [-0.3, -0.25) is 4.79 Å². The molecule has 1 N–H and O–H groups in total. The summed E-state index contributed by atoms with van der Waals surface area (Å²) >= 11 is 3.42. The Morgan fingerprint density at radius 3 is 2.48 bits per heavy atom. The van der Waals surface area contributed by atoms with Gasteiger partial charge in [-0.1, -0.05) is 40.2 Å². The maximum atomic E-state index is 12.7. The number of benzene rings is 2. The van der Waals surface area contributed by atoms with Crippen molar-refractivity contribution in [2.24, 2.45) is 0 Å². The number of nitrogens with zero attached hydrogens (tertiary/aromatic N) is 1. The Morgan fingerprint density at radius 2 is 1.70 bits per heavy atom. The van der Waals surface area contributed by atoms with Crippen molar-refractivity contribution in [1.29, 1.82) is 0 Å². The molecule has 1 amide bonds. The molecule has 5 nitrogen and oxygen atoms in total. The first-order valence-corrected chi connectivity index (χ1v) is 9.59. The van der Waals surface area contributed by atoms with Crippen LogP contribution in [0.3, 0.4) is 0 Å². The van der Waals surface area contributed by atoms with Crippen molar-refractivity contribution in [3.8, 4) is 11.3 Å². The van der Waals surface area contributed by atoms with Gasteiger partial charge in [0.15, 0.2) is 5.76 Å². The van der Waals surface area contributed by atoms with Crippen LogP contribution in [0.1, 0.15) is 10.6 Å². The molecule has 1 aliphatic heterocycles. The predicted octanol–water partition coefficient (Wildman–Crippen LogP) is 4.80. The predicted molar refractivity (Wildman–Crippen MR) is 109 cm³/mol. The van der Waals surface area contributed by atoms with Gasteiger partial charge >= 0.3 is 0 Å². The second kappa shape index (κ2) is 7.98. The number of halogens is 1. The molecular weight excluding hydrogens is 408 g/mol. The number of ether oxygens (including phenoxy) is 1. The number of morpholine rings is 1. The quantitative estimate of drug-likeness (QED) is 0.650. The number of para-hydroxylation sites is 2. The zero-order valence-electron chi connectivity index (χ0n) is 14.7. The van der Waals surface area contributed by atoms with Crippen LogP contribution < -0.4 is 10.2 Å². The highest BCUT2D eigenvalue weighted by Crippen LogP contribution is 2.28. The summed E-state index contributed by atoms with van der Waals surface area (Å²) in [7, 11) is 0. The molecule has 2 aromatic carbocycles. The number of amides is 1. The first-order valence-electron chi connectivity index (χ1n) is 8.79. The first-order chi connectivity index (χ1) is 13.2. The molecule has 3 aromatic rings. The minimum absolute atomic E-state index is 0.265. The van der Waals surface area contributed by atoms with E-state index >= 15 is 0 Å². The lowest BCUT2D eigenvalue weighted by Gasteiger charge is -2.30. The lowest BCUT2D eigenvalue weighted by atomic mass is 10.2. The molecule has 0 radical (unpaired) electrons. The molecule has 4 rings (SSSR count). The van der Waals surface area contributed by atoms with E-state index in [1.54, 1.807) is 6.07 Å². The summed E-state index contributed by atoms with van der Waals surface area (Å²) in [6.07, 6.45) is 0. The third kappa shape index (κ3) is 4.07. The number of rotatable bonds is 4. The molecule has 2 heterocycles. The van der Waals surface area contributed by atoms with Crippen molar-refractivity contribution < 1.29 is 13.9 Å². The molecule has 0 unspecified atom stereocenters. The number of carbonyl (C=O) groups is 1. The van der Waals surface area contributed by atoms with E-state index in [0.717, 1.165) is 34.5 Å². The van der Waals surface area contributed by atoms with Crippen molar-refractivity contribution in [2.45, 2.75) is 0 Å². The van der Waals surface area contributed by atoms with Gasteiger partial charge in [-0.05, 0) is 36.4 Å². The highest BCUT2D eigenvalue weighted by atomic mass is 79.9. The first kappa shape index (κ1) is 17.8. The van der Waals surface area contributed by atoms with E-state index in [4.69, 9.17) is 9.15 Å². The van der Waals surface area contributed by atoms with E-state index in [-0.39, 0.29) is 11.7 Å². The van der Waals surface area contributed by atoms with Crippen LogP contribution in [0.5, 0.6) is 0 Å². The fourth-order valence-electron chi connectivity index (χ4n) is 3.07. The number of furan rings is 1. The average molecular weight is 427 g/mol. The molecule has 0 bridgehead atoms. The van der Waals surface area contributed by atoms with E-state index < -0.39 is 0 Å². The molecular formula is C21H19BrN2O3. The minimum atomic E-state index is -0.265. The zero-order chi connectivity index (χ0) is 18.6. The molecule has 1 fully saturated rings. The molecule has 1 aliphatic rings. The lowest BCUT2D eigenvalue weighted by molar-refractivity contribution is 0.0997. The van der Waals surface area contributed by atoms with Crippen LogP contribution in [0, 0.1) is 0 Å². The topological polar surface area (TPSA) is 54.7 Å². The zero-order valence-corrected chi connectivity index (χ0v) is 16.2. The molecule has 0 aliphatic carbocycles. The van der Waals surface area contributed by atoms with Crippen LogP contribution >= 0.6 is 15.9 Å².